The number of nitrogens with one attached hydrogen (secondary N) is 2. The monoisotopic (exact) mass is 321 g/mol. The Morgan fingerprint density at radius 3 is 2.77 bits per heavy atom. The Morgan fingerprint density at radius 2 is 2.14 bits per heavy atom. The lowest BCUT2D eigenvalue weighted by Crippen LogP contribution is -2.43. The molecular formula is C14H22F3N3O2. The highest BCUT2D eigenvalue weighted by atomic mass is 19.4. The van der Waals surface area contributed by atoms with Gasteiger partial charge in [0, 0.05) is 31.7 Å². The van der Waals surface area contributed by atoms with E-state index in [1.807, 2.05) is 12.2 Å². The van der Waals surface area contributed by atoms with E-state index in [4.69, 9.17) is 5.11 Å². The Bertz CT molecular complexity index is 415. The molecule has 3 atom stereocenters. The molecule has 1 heterocycles. The topological polar surface area (TPSA) is 64.6 Å². The van der Waals surface area contributed by atoms with Crippen LogP contribution in [0.25, 0.3) is 0 Å². The fourth-order valence-electron chi connectivity index (χ4n) is 2.95. The number of carbonyl (C=O) groups is 1. The molecule has 1 aliphatic heterocycles. The quantitative estimate of drug-likeness (QED) is 0.665. The third-order valence-electron chi connectivity index (χ3n) is 4.05. The number of urea groups is 1. The summed E-state index contributed by atoms with van der Waals surface area (Å²) < 4.78 is 36.9. The van der Waals surface area contributed by atoms with Crippen molar-refractivity contribution in [3.05, 3.63) is 12.2 Å². The van der Waals surface area contributed by atoms with Gasteiger partial charge in [-0.1, -0.05) is 12.2 Å². The average Bonchev–Trinajstić information content (AvgIpc) is 3.04. The fraction of sp³-hybridized carbons (Fsp3) is 0.786. The molecule has 126 valence electrons. The van der Waals surface area contributed by atoms with Gasteiger partial charge in [0.15, 0.2) is 0 Å². The van der Waals surface area contributed by atoms with Crippen LogP contribution < -0.4 is 10.6 Å². The third-order valence-corrected chi connectivity index (χ3v) is 4.05. The molecule has 0 aromatic heterocycles. The van der Waals surface area contributed by atoms with E-state index in [1.54, 1.807) is 0 Å². The van der Waals surface area contributed by atoms with Crippen molar-refractivity contribution in [3.8, 4) is 0 Å². The molecule has 5 nitrogen and oxygen atoms in total. The Kier molecular flexibility index (Phi) is 5.69. The van der Waals surface area contributed by atoms with Gasteiger partial charge in [0.2, 0.25) is 0 Å². The molecule has 8 heteroatoms. The minimum Gasteiger partial charge on any atom is -0.396 e. The van der Waals surface area contributed by atoms with Gasteiger partial charge >= 0.3 is 12.2 Å². The van der Waals surface area contributed by atoms with Crippen LogP contribution in [0, 0.1) is 11.8 Å². The van der Waals surface area contributed by atoms with Gasteiger partial charge in [-0.25, -0.2) is 4.79 Å². The summed E-state index contributed by atoms with van der Waals surface area (Å²) in [6.07, 6.45) is 0.884. The second-order valence-corrected chi connectivity index (χ2v) is 6.03. The molecule has 3 N–H and O–H groups in total. The van der Waals surface area contributed by atoms with Crippen LogP contribution in [-0.4, -0.2) is 61.0 Å². The highest BCUT2D eigenvalue weighted by Crippen LogP contribution is 2.22. The number of aliphatic hydroxyl groups excluding tert-OH is 1. The smallest absolute Gasteiger partial charge is 0.396 e. The maximum atomic E-state index is 12.3. The molecule has 0 aromatic carbocycles. The minimum absolute atomic E-state index is 0.0532. The standard InChI is InChI=1S/C14H22F3N3O2/c15-14(16,17)9-20-4-3-11(7-20)6-18-13(22)19-12-2-1-10(5-12)8-21/h1-2,10-12,21H,3-9H2,(H2,18,19,22)/t10-,11?,12+/m0/s1. The first-order valence-corrected chi connectivity index (χ1v) is 7.48. The van der Waals surface area contributed by atoms with Gasteiger partial charge in [0.1, 0.15) is 0 Å². The van der Waals surface area contributed by atoms with Gasteiger partial charge in [-0.15, -0.1) is 0 Å². The van der Waals surface area contributed by atoms with Gasteiger partial charge in [-0.05, 0) is 25.3 Å². The van der Waals surface area contributed by atoms with Gasteiger partial charge < -0.3 is 15.7 Å². The zero-order valence-corrected chi connectivity index (χ0v) is 12.3. The van der Waals surface area contributed by atoms with Crippen molar-refractivity contribution >= 4 is 6.03 Å². The van der Waals surface area contributed by atoms with Crippen LogP contribution in [0.4, 0.5) is 18.0 Å². The van der Waals surface area contributed by atoms with Crippen molar-refractivity contribution in [3.63, 3.8) is 0 Å². The van der Waals surface area contributed by atoms with Gasteiger partial charge in [0.25, 0.3) is 0 Å². The van der Waals surface area contributed by atoms with Crippen molar-refractivity contribution in [2.45, 2.75) is 25.1 Å². The summed E-state index contributed by atoms with van der Waals surface area (Å²) in [5.74, 6) is 0.133. The number of halogens is 3. The van der Waals surface area contributed by atoms with E-state index < -0.39 is 12.7 Å². The maximum absolute atomic E-state index is 12.3. The molecule has 1 unspecified atom stereocenters. The van der Waals surface area contributed by atoms with E-state index in [-0.39, 0.29) is 30.5 Å². The number of hydrogen-bond acceptors (Lipinski definition) is 3. The normalized spacial score (nSPS) is 29.0. The summed E-state index contributed by atoms with van der Waals surface area (Å²) in [6, 6.07) is -0.412. The largest absolute Gasteiger partial charge is 0.401 e. The first-order valence-electron chi connectivity index (χ1n) is 7.48. The summed E-state index contributed by atoms with van der Waals surface area (Å²) in [6.45, 7) is 0.325. The molecule has 0 radical (unpaired) electrons. The van der Waals surface area contributed by atoms with E-state index in [9.17, 15) is 18.0 Å². The first kappa shape index (κ1) is 17.1. The highest BCUT2D eigenvalue weighted by Gasteiger charge is 2.34. The number of nitrogens with zero attached hydrogens (tertiary/aromatic N) is 1. The lowest BCUT2D eigenvalue weighted by molar-refractivity contribution is -0.143. The van der Waals surface area contributed by atoms with Crippen LogP contribution in [0.15, 0.2) is 12.2 Å². The Labute approximate surface area is 127 Å². The molecule has 22 heavy (non-hydrogen) atoms. The summed E-state index contributed by atoms with van der Waals surface area (Å²) in [5, 5.41) is 14.5. The molecule has 2 amide bonds. The SMILES string of the molecule is O=C(NCC1CCN(CC(F)(F)F)C1)N[C@@H]1C=C[C@H](CO)C1. The van der Waals surface area contributed by atoms with E-state index in [1.165, 1.54) is 4.90 Å². The fourth-order valence-corrected chi connectivity index (χ4v) is 2.95. The van der Waals surface area contributed by atoms with E-state index >= 15 is 0 Å². The number of rotatable bonds is 5. The molecule has 0 bridgehead atoms. The van der Waals surface area contributed by atoms with Crippen molar-refractivity contribution < 1.29 is 23.1 Å². The number of amides is 2. The molecule has 2 aliphatic rings. The second kappa shape index (κ2) is 7.32. The van der Waals surface area contributed by atoms with Crippen molar-refractivity contribution in [2.24, 2.45) is 11.8 Å². The first-order chi connectivity index (χ1) is 10.4. The predicted molar refractivity (Wildman–Crippen MR) is 75.3 cm³/mol. The van der Waals surface area contributed by atoms with Gasteiger partial charge in [-0.3, -0.25) is 4.90 Å². The third kappa shape index (κ3) is 5.49. The Hall–Kier alpha value is -1.28. The van der Waals surface area contributed by atoms with Gasteiger partial charge in [0.05, 0.1) is 6.54 Å². The average molecular weight is 321 g/mol. The zero-order chi connectivity index (χ0) is 16.2. The van der Waals surface area contributed by atoms with Crippen LogP contribution in [0.5, 0.6) is 0 Å². The minimum atomic E-state index is -4.17. The van der Waals surface area contributed by atoms with E-state index in [2.05, 4.69) is 10.6 Å². The number of hydrogen-bond donors (Lipinski definition) is 3. The maximum Gasteiger partial charge on any atom is 0.401 e. The Morgan fingerprint density at radius 1 is 1.36 bits per heavy atom. The van der Waals surface area contributed by atoms with Crippen molar-refractivity contribution in [1.82, 2.24) is 15.5 Å². The number of carbonyl (C=O) groups excluding carboxylic acids is 1. The van der Waals surface area contributed by atoms with Gasteiger partial charge in [-0.2, -0.15) is 13.2 Å². The molecular weight excluding hydrogens is 299 g/mol. The van der Waals surface area contributed by atoms with Crippen molar-refractivity contribution in [2.75, 3.05) is 32.8 Å². The lowest BCUT2D eigenvalue weighted by Gasteiger charge is -2.18. The predicted octanol–water partition coefficient (Wildman–Crippen LogP) is 1.11. The Balaban J connectivity index is 1.62. The van der Waals surface area contributed by atoms with E-state index in [0.29, 0.717) is 32.5 Å². The molecule has 0 spiro atoms. The molecule has 0 aromatic rings. The number of alkyl halides is 3. The molecule has 1 fully saturated rings. The van der Waals surface area contributed by atoms with E-state index in [0.717, 1.165) is 0 Å². The number of aliphatic hydroxyl groups is 1. The van der Waals surface area contributed by atoms with Crippen LogP contribution in [-0.2, 0) is 0 Å². The summed E-state index contributed by atoms with van der Waals surface area (Å²) in [5.41, 5.74) is 0. The molecule has 1 aliphatic carbocycles. The van der Waals surface area contributed by atoms with Crippen LogP contribution >= 0.6 is 0 Å². The summed E-state index contributed by atoms with van der Waals surface area (Å²) in [4.78, 5) is 13.1. The lowest BCUT2D eigenvalue weighted by atomic mass is 10.1. The molecule has 0 saturated carbocycles. The summed E-state index contributed by atoms with van der Waals surface area (Å²) >= 11 is 0. The molecule has 1 saturated heterocycles. The number of likely N-dealkylation sites (tertiary alicyclic amines) is 1. The van der Waals surface area contributed by atoms with Crippen molar-refractivity contribution in [1.29, 1.82) is 0 Å². The second-order valence-electron chi connectivity index (χ2n) is 6.03. The van der Waals surface area contributed by atoms with Crippen LogP contribution in [0.1, 0.15) is 12.8 Å². The molecule has 2 rings (SSSR count). The van der Waals surface area contributed by atoms with Crippen LogP contribution in [0.2, 0.25) is 0 Å². The summed E-state index contributed by atoms with van der Waals surface area (Å²) in [7, 11) is 0. The highest BCUT2D eigenvalue weighted by molar-refractivity contribution is 5.74. The zero-order valence-electron chi connectivity index (χ0n) is 12.3. The van der Waals surface area contributed by atoms with Crippen LogP contribution in [0.3, 0.4) is 0 Å².